The normalized spacial score (nSPS) is 17.8. The smallest absolute Gasteiger partial charge is 0.246 e. The second kappa shape index (κ2) is 5.60. The van der Waals surface area contributed by atoms with Gasteiger partial charge in [0.1, 0.15) is 16.2 Å². The summed E-state index contributed by atoms with van der Waals surface area (Å²) in [6, 6.07) is 0. The molecule has 3 aromatic rings. The standard InChI is InChI=1S/C13H17N7O2S2/c1-8-11(9(2)16-15-8)24(21,22)19-5-3-10(4-6-19)12-18-20-7-14-17-13(20)23-12/h7,10H,3-6H2,1-2H3,(H,15,16). The van der Waals surface area contributed by atoms with E-state index in [0.29, 0.717) is 29.4 Å². The van der Waals surface area contributed by atoms with Crippen molar-refractivity contribution in [2.45, 2.75) is 37.5 Å². The van der Waals surface area contributed by atoms with Gasteiger partial charge in [0.05, 0.1) is 11.4 Å². The lowest BCUT2D eigenvalue weighted by Crippen LogP contribution is -2.38. The number of rotatable bonds is 3. The highest BCUT2D eigenvalue weighted by Gasteiger charge is 2.34. The molecule has 0 unspecified atom stereocenters. The second-order valence-electron chi connectivity index (χ2n) is 5.94. The summed E-state index contributed by atoms with van der Waals surface area (Å²) in [5.74, 6) is 0.259. The molecule has 0 saturated carbocycles. The second-order valence-corrected chi connectivity index (χ2v) is 8.80. The van der Waals surface area contributed by atoms with Gasteiger partial charge in [-0.15, -0.1) is 10.2 Å². The number of fused-ring (bicyclic) bond motifs is 1. The van der Waals surface area contributed by atoms with Crippen molar-refractivity contribution >= 4 is 26.3 Å². The molecule has 0 aliphatic carbocycles. The molecule has 4 rings (SSSR count). The Morgan fingerprint density at radius 1 is 1.29 bits per heavy atom. The molecule has 9 nitrogen and oxygen atoms in total. The molecule has 1 aliphatic rings. The highest BCUT2D eigenvalue weighted by Crippen LogP contribution is 2.33. The van der Waals surface area contributed by atoms with E-state index in [1.807, 2.05) is 0 Å². The predicted octanol–water partition coefficient (Wildman–Crippen LogP) is 1.09. The number of aromatic nitrogens is 6. The topological polar surface area (TPSA) is 109 Å². The van der Waals surface area contributed by atoms with Gasteiger partial charge >= 0.3 is 0 Å². The van der Waals surface area contributed by atoms with Gasteiger partial charge in [0.15, 0.2) is 0 Å². The third kappa shape index (κ3) is 2.43. The van der Waals surface area contributed by atoms with Crippen LogP contribution in [0.25, 0.3) is 4.96 Å². The Morgan fingerprint density at radius 2 is 2.04 bits per heavy atom. The lowest BCUT2D eigenvalue weighted by Gasteiger charge is -2.30. The summed E-state index contributed by atoms with van der Waals surface area (Å²) in [5.41, 5.74) is 1.10. The summed E-state index contributed by atoms with van der Waals surface area (Å²) in [7, 11) is -3.50. The number of aromatic amines is 1. The van der Waals surface area contributed by atoms with E-state index in [1.165, 1.54) is 11.3 Å². The third-order valence-electron chi connectivity index (χ3n) is 4.36. The highest BCUT2D eigenvalue weighted by molar-refractivity contribution is 7.89. The monoisotopic (exact) mass is 367 g/mol. The minimum atomic E-state index is -3.50. The zero-order chi connectivity index (χ0) is 16.9. The van der Waals surface area contributed by atoms with Crippen molar-refractivity contribution < 1.29 is 8.42 Å². The quantitative estimate of drug-likeness (QED) is 0.742. The van der Waals surface area contributed by atoms with E-state index in [1.54, 1.807) is 29.0 Å². The number of piperidine rings is 1. The predicted molar refractivity (Wildman–Crippen MR) is 87.5 cm³/mol. The van der Waals surface area contributed by atoms with Crippen LogP contribution < -0.4 is 0 Å². The first-order chi connectivity index (χ1) is 11.5. The SMILES string of the molecule is Cc1n[nH]c(C)c1S(=O)(=O)N1CCC(c2nn3cnnc3s2)CC1. The first kappa shape index (κ1) is 15.7. The number of aryl methyl sites for hydroxylation is 2. The van der Waals surface area contributed by atoms with Crippen molar-refractivity contribution in [3.05, 3.63) is 22.7 Å². The maximum Gasteiger partial charge on any atom is 0.246 e. The van der Waals surface area contributed by atoms with E-state index in [0.717, 1.165) is 22.8 Å². The first-order valence-electron chi connectivity index (χ1n) is 7.65. The molecule has 1 saturated heterocycles. The van der Waals surface area contributed by atoms with Crippen LogP contribution in [0.4, 0.5) is 0 Å². The number of hydrogen-bond acceptors (Lipinski definition) is 7. The fourth-order valence-corrected chi connectivity index (χ4v) is 5.92. The Balaban J connectivity index is 1.52. The largest absolute Gasteiger partial charge is 0.281 e. The number of nitrogens with one attached hydrogen (secondary N) is 1. The molecule has 4 heterocycles. The Bertz CT molecular complexity index is 931. The van der Waals surface area contributed by atoms with Gasteiger partial charge in [0, 0.05) is 19.0 Å². The molecule has 0 bridgehead atoms. The summed E-state index contributed by atoms with van der Waals surface area (Å²) in [6.07, 6.45) is 3.08. The zero-order valence-corrected chi connectivity index (χ0v) is 14.9. The fraction of sp³-hybridized carbons (Fsp3) is 0.538. The lowest BCUT2D eigenvalue weighted by molar-refractivity contribution is 0.318. The summed E-state index contributed by atoms with van der Waals surface area (Å²) < 4.78 is 28.9. The van der Waals surface area contributed by atoms with Gasteiger partial charge in [-0.05, 0) is 26.7 Å². The van der Waals surface area contributed by atoms with Crippen molar-refractivity contribution in [2.75, 3.05) is 13.1 Å². The molecule has 0 radical (unpaired) electrons. The average molecular weight is 367 g/mol. The summed E-state index contributed by atoms with van der Waals surface area (Å²) in [5, 5.41) is 20.0. The molecular weight excluding hydrogens is 350 g/mol. The van der Waals surface area contributed by atoms with Crippen LogP contribution in [0.2, 0.25) is 0 Å². The lowest BCUT2D eigenvalue weighted by atomic mass is 9.99. The highest BCUT2D eigenvalue weighted by atomic mass is 32.2. The molecule has 0 aromatic carbocycles. The Morgan fingerprint density at radius 3 is 2.67 bits per heavy atom. The molecule has 1 fully saturated rings. The van der Waals surface area contributed by atoms with Gasteiger partial charge in [-0.25, -0.2) is 8.42 Å². The van der Waals surface area contributed by atoms with Gasteiger partial charge < -0.3 is 0 Å². The van der Waals surface area contributed by atoms with E-state index in [-0.39, 0.29) is 5.92 Å². The van der Waals surface area contributed by atoms with Crippen LogP contribution in [0.15, 0.2) is 11.2 Å². The molecule has 24 heavy (non-hydrogen) atoms. The van der Waals surface area contributed by atoms with Gasteiger partial charge in [-0.1, -0.05) is 11.3 Å². The number of sulfonamides is 1. The summed E-state index contributed by atoms with van der Waals surface area (Å²) >= 11 is 1.52. The van der Waals surface area contributed by atoms with Gasteiger partial charge in [-0.3, -0.25) is 5.10 Å². The molecular formula is C13H17N7O2S2. The van der Waals surface area contributed by atoms with Crippen LogP contribution in [0.1, 0.15) is 35.2 Å². The average Bonchev–Trinajstić information content (AvgIpc) is 3.22. The molecule has 128 valence electrons. The van der Waals surface area contributed by atoms with Crippen LogP contribution in [0.5, 0.6) is 0 Å². The van der Waals surface area contributed by atoms with Gasteiger partial charge in [0.2, 0.25) is 15.0 Å². The van der Waals surface area contributed by atoms with Gasteiger partial charge in [0.25, 0.3) is 0 Å². The van der Waals surface area contributed by atoms with E-state index in [2.05, 4.69) is 25.5 Å². The van der Waals surface area contributed by atoms with Crippen molar-refractivity contribution in [1.82, 2.24) is 34.3 Å². The molecule has 1 aliphatic heterocycles. The molecule has 11 heteroatoms. The molecule has 1 N–H and O–H groups in total. The van der Waals surface area contributed by atoms with Crippen molar-refractivity contribution in [2.24, 2.45) is 0 Å². The fourth-order valence-electron chi connectivity index (χ4n) is 3.13. The Labute approximate surface area is 142 Å². The number of hydrogen-bond donors (Lipinski definition) is 1. The molecule has 3 aromatic heterocycles. The molecule has 0 atom stereocenters. The maximum absolute atomic E-state index is 12.9. The minimum absolute atomic E-state index is 0.259. The van der Waals surface area contributed by atoms with Crippen LogP contribution in [0.3, 0.4) is 0 Å². The van der Waals surface area contributed by atoms with Crippen molar-refractivity contribution in [3.8, 4) is 0 Å². The Kier molecular flexibility index (Phi) is 3.66. The van der Waals surface area contributed by atoms with Crippen LogP contribution in [0, 0.1) is 13.8 Å². The number of H-pyrrole nitrogens is 1. The van der Waals surface area contributed by atoms with Crippen LogP contribution >= 0.6 is 11.3 Å². The molecule has 0 spiro atoms. The molecule has 0 amide bonds. The first-order valence-corrected chi connectivity index (χ1v) is 9.91. The van der Waals surface area contributed by atoms with Crippen molar-refractivity contribution in [1.29, 1.82) is 0 Å². The Hall–Kier alpha value is -1.85. The zero-order valence-electron chi connectivity index (χ0n) is 13.3. The maximum atomic E-state index is 12.9. The number of nitrogens with zero attached hydrogens (tertiary/aromatic N) is 6. The van der Waals surface area contributed by atoms with E-state index in [9.17, 15) is 8.42 Å². The van der Waals surface area contributed by atoms with E-state index in [4.69, 9.17) is 0 Å². The van der Waals surface area contributed by atoms with Crippen molar-refractivity contribution in [3.63, 3.8) is 0 Å². The minimum Gasteiger partial charge on any atom is -0.281 e. The van der Waals surface area contributed by atoms with Gasteiger partial charge in [-0.2, -0.15) is 19.0 Å². The summed E-state index contributed by atoms with van der Waals surface area (Å²) in [6.45, 7) is 4.41. The third-order valence-corrected chi connectivity index (χ3v) is 7.60. The van der Waals surface area contributed by atoms with Crippen LogP contribution in [-0.2, 0) is 10.0 Å². The van der Waals surface area contributed by atoms with E-state index < -0.39 is 10.0 Å². The summed E-state index contributed by atoms with van der Waals surface area (Å²) in [4.78, 5) is 1.07. The van der Waals surface area contributed by atoms with E-state index >= 15 is 0 Å². The van der Waals surface area contributed by atoms with Crippen LogP contribution in [-0.4, -0.2) is 55.8 Å².